The number of imidazole rings is 1. The summed E-state index contributed by atoms with van der Waals surface area (Å²) in [5.41, 5.74) is 14.2. The number of fused-ring (bicyclic) bond motifs is 1. The Balaban J connectivity index is 0.00000465. The molecule has 5 heteroatoms. The van der Waals surface area contributed by atoms with Crippen LogP contribution in [0.5, 0.6) is 5.75 Å². The van der Waals surface area contributed by atoms with E-state index in [-0.39, 0.29) is 37.6 Å². The van der Waals surface area contributed by atoms with Crippen LogP contribution in [0.15, 0.2) is 152 Å². The first kappa shape index (κ1) is 37.7. The van der Waals surface area contributed by atoms with E-state index in [1.165, 1.54) is 11.1 Å². The maximum Gasteiger partial charge on any atom is 0.129 e. The monoisotopic (exact) mass is 897 g/mol. The smallest absolute Gasteiger partial charge is 0.129 e. The van der Waals surface area contributed by atoms with E-state index in [1.807, 2.05) is 54.6 Å². The predicted molar refractivity (Wildman–Crippen MR) is 224 cm³/mol. The van der Waals surface area contributed by atoms with Gasteiger partial charge in [-0.15, -0.1) is 24.3 Å². The second-order valence-electron chi connectivity index (χ2n) is 16.1. The van der Waals surface area contributed by atoms with Crippen LogP contribution in [-0.2, 0) is 31.9 Å². The normalized spacial score (nSPS) is 11.7. The van der Waals surface area contributed by atoms with Crippen molar-refractivity contribution < 1.29 is 26.2 Å². The number of phenols is 1. The first-order chi connectivity index (χ1) is 25.9. The van der Waals surface area contributed by atoms with Gasteiger partial charge in [0.1, 0.15) is 11.4 Å². The zero-order valence-corrected chi connectivity index (χ0v) is 34.3. The second-order valence-corrected chi connectivity index (χ2v) is 16.1. The molecule has 5 aromatic carbocycles. The average Bonchev–Trinajstić information content (AvgIpc) is 3.57. The van der Waals surface area contributed by atoms with E-state index in [4.69, 9.17) is 9.97 Å². The summed E-state index contributed by atoms with van der Waals surface area (Å²) < 4.78 is 2.14. The Labute approximate surface area is 338 Å². The zero-order chi connectivity index (χ0) is 37.6. The van der Waals surface area contributed by atoms with E-state index in [1.54, 1.807) is 0 Å². The minimum absolute atomic E-state index is 0. The van der Waals surface area contributed by atoms with Crippen LogP contribution in [0.2, 0.25) is 0 Å². The van der Waals surface area contributed by atoms with E-state index in [0.717, 1.165) is 61.7 Å². The molecule has 8 aromatic rings. The standard InChI is InChI=1S/C50H44N3O.Pt/c1-49(2,3)40-27-38(28-41(32-40)50(4,5)6)39-29-43(51-44(30-39)42-24-23-35(31-45(42)54)33-16-9-7-10-17-33)36-20-15-21-37(26-36)47-48(34-18-11-8-12-19-34)53-25-14-13-22-46(53)52-47;/h7-25,27-32,54H,1-6H3;/q-1;. The molecule has 0 unspecified atom stereocenters. The molecule has 8 rings (SSSR count). The number of hydrogen-bond acceptors (Lipinski definition) is 3. The molecule has 0 aliphatic heterocycles. The van der Waals surface area contributed by atoms with Crippen molar-refractivity contribution >= 4 is 5.65 Å². The summed E-state index contributed by atoms with van der Waals surface area (Å²) in [7, 11) is 0. The van der Waals surface area contributed by atoms with Crippen molar-refractivity contribution in [2.24, 2.45) is 0 Å². The fraction of sp³-hybridized carbons (Fsp3) is 0.160. The third-order valence-electron chi connectivity index (χ3n) is 10.1. The van der Waals surface area contributed by atoms with Gasteiger partial charge in [0, 0.05) is 49.9 Å². The van der Waals surface area contributed by atoms with Crippen molar-refractivity contribution in [1.29, 1.82) is 0 Å². The number of benzene rings is 5. The zero-order valence-electron chi connectivity index (χ0n) is 32.0. The molecule has 0 aliphatic carbocycles. The Bertz CT molecular complexity index is 2600. The molecule has 4 nitrogen and oxygen atoms in total. The Morgan fingerprint density at radius 1 is 0.509 bits per heavy atom. The molecule has 0 saturated heterocycles. The van der Waals surface area contributed by atoms with Crippen LogP contribution in [0, 0.1) is 6.07 Å². The molecule has 0 fully saturated rings. The molecular formula is C50H44N3OPt-. The number of aromatic hydroxyl groups is 1. The van der Waals surface area contributed by atoms with Crippen molar-refractivity contribution in [2.45, 2.75) is 52.4 Å². The molecule has 276 valence electrons. The Kier molecular flexibility index (Phi) is 10.2. The van der Waals surface area contributed by atoms with E-state index in [9.17, 15) is 5.11 Å². The van der Waals surface area contributed by atoms with Crippen LogP contribution >= 0.6 is 0 Å². The molecule has 0 spiro atoms. The van der Waals surface area contributed by atoms with Gasteiger partial charge in [0.05, 0.1) is 5.69 Å². The summed E-state index contributed by atoms with van der Waals surface area (Å²) in [6.07, 6.45) is 2.06. The molecular weight excluding hydrogens is 854 g/mol. The van der Waals surface area contributed by atoms with Crippen LogP contribution in [0.4, 0.5) is 0 Å². The number of hydrogen-bond donors (Lipinski definition) is 1. The van der Waals surface area contributed by atoms with Crippen LogP contribution in [0.25, 0.3) is 72.9 Å². The third kappa shape index (κ3) is 7.70. The molecule has 1 N–H and O–H groups in total. The SMILES string of the molecule is CC(C)(C)c1cc(-c2cc(-c3[c-]c(-c4nc5ccccn5c4-c4ccccc4)ccc3)nc(-c3ccc(-c4ccccc4)cc3O)c2)cc(C(C)(C)C)c1.[Pt]. The van der Waals surface area contributed by atoms with Gasteiger partial charge in [-0.2, -0.15) is 0 Å². The third-order valence-corrected chi connectivity index (χ3v) is 10.1. The van der Waals surface area contributed by atoms with Crippen LogP contribution < -0.4 is 0 Å². The number of nitrogens with zero attached hydrogens (tertiary/aromatic N) is 3. The maximum absolute atomic E-state index is 11.6. The van der Waals surface area contributed by atoms with E-state index in [0.29, 0.717) is 11.3 Å². The van der Waals surface area contributed by atoms with Gasteiger partial charge in [-0.25, -0.2) is 0 Å². The Morgan fingerprint density at radius 2 is 1.11 bits per heavy atom. The summed E-state index contributed by atoms with van der Waals surface area (Å²) in [6, 6.07) is 53.6. The van der Waals surface area contributed by atoms with Crippen LogP contribution in [-0.4, -0.2) is 19.5 Å². The van der Waals surface area contributed by atoms with Gasteiger partial charge in [-0.05, 0) is 80.1 Å². The maximum atomic E-state index is 11.6. The van der Waals surface area contributed by atoms with E-state index >= 15 is 0 Å². The van der Waals surface area contributed by atoms with Gasteiger partial charge in [0.15, 0.2) is 0 Å². The van der Waals surface area contributed by atoms with Gasteiger partial charge in [0.2, 0.25) is 0 Å². The molecule has 0 amide bonds. The van der Waals surface area contributed by atoms with Crippen molar-refractivity contribution in [2.75, 3.05) is 0 Å². The summed E-state index contributed by atoms with van der Waals surface area (Å²) in [4.78, 5) is 10.4. The van der Waals surface area contributed by atoms with E-state index in [2.05, 4.69) is 149 Å². The quantitative estimate of drug-likeness (QED) is 0.169. The molecule has 3 heterocycles. The minimum Gasteiger partial charge on any atom is -0.507 e. The molecule has 0 aliphatic rings. The molecule has 0 bridgehead atoms. The molecule has 0 atom stereocenters. The van der Waals surface area contributed by atoms with E-state index < -0.39 is 0 Å². The minimum atomic E-state index is -0.0487. The summed E-state index contributed by atoms with van der Waals surface area (Å²) in [6.45, 7) is 13.6. The topological polar surface area (TPSA) is 50.4 Å². The summed E-state index contributed by atoms with van der Waals surface area (Å²) in [5, 5.41) is 11.6. The van der Waals surface area contributed by atoms with Gasteiger partial charge in [-0.1, -0.05) is 150 Å². The molecule has 55 heavy (non-hydrogen) atoms. The summed E-state index contributed by atoms with van der Waals surface area (Å²) in [5.74, 6) is 0.181. The molecule has 3 aromatic heterocycles. The van der Waals surface area contributed by atoms with Gasteiger partial charge in [0.25, 0.3) is 0 Å². The van der Waals surface area contributed by atoms with Crippen molar-refractivity contribution in [3.63, 3.8) is 0 Å². The van der Waals surface area contributed by atoms with Gasteiger partial charge >= 0.3 is 0 Å². The van der Waals surface area contributed by atoms with Crippen LogP contribution in [0.1, 0.15) is 52.7 Å². The van der Waals surface area contributed by atoms with Crippen molar-refractivity contribution in [3.8, 4) is 73.0 Å². The Hall–Kier alpha value is -5.57. The number of pyridine rings is 2. The number of rotatable bonds is 6. The first-order valence-electron chi connectivity index (χ1n) is 18.6. The second kappa shape index (κ2) is 14.9. The van der Waals surface area contributed by atoms with Gasteiger partial charge in [-0.3, -0.25) is 9.97 Å². The summed E-state index contributed by atoms with van der Waals surface area (Å²) >= 11 is 0. The first-order valence-corrected chi connectivity index (χ1v) is 18.6. The molecule has 0 saturated carbocycles. The molecule has 0 radical (unpaired) electrons. The fourth-order valence-electron chi connectivity index (χ4n) is 7.00. The van der Waals surface area contributed by atoms with Gasteiger partial charge < -0.3 is 9.51 Å². The average molecular weight is 898 g/mol. The Morgan fingerprint density at radius 3 is 1.76 bits per heavy atom. The van der Waals surface area contributed by atoms with Crippen molar-refractivity contribution in [3.05, 3.63) is 169 Å². The predicted octanol–water partition coefficient (Wildman–Crippen LogP) is 12.8. The number of phenolic OH excluding ortho intramolecular Hbond substituents is 1. The fourth-order valence-corrected chi connectivity index (χ4v) is 7.00. The largest absolute Gasteiger partial charge is 0.507 e. The number of aromatic nitrogens is 3. The van der Waals surface area contributed by atoms with Crippen molar-refractivity contribution in [1.82, 2.24) is 14.4 Å². The van der Waals surface area contributed by atoms with Crippen LogP contribution in [0.3, 0.4) is 0 Å².